The molecule has 27 heavy (non-hydrogen) atoms. The zero-order chi connectivity index (χ0) is 19.0. The third-order valence-corrected chi connectivity index (χ3v) is 3.82. The van der Waals surface area contributed by atoms with Crippen molar-refractivity contribution in [3.63, 3.8) is 0 Å². The van der Waals surface area contributed by atoms with Crippen molar-refractivity contribution in [2.24, 2.45) is 0 Å². The van der Waals surface area contributed by atoms with E-state index in [0.29, 0.717) is 28.2 Å². The number of hydrogen-bond acceptors (Lipinski definition) is 8. The first-order valence-electron chi connectivity index (χ1n) is 7.68. The molecule has 2 heterocycles. The van der Waals surface area contributed by atoms with E-state index in [4.69, 9.17) is 32.3 Å². The fourth-order valence-corrected chi connectivity index (χ4v) is 2.69. The molecule has 0 saturated carbocycles. The molecule has 0 atom stereocenters. The van der Waals surface area contributed by atoms with Gasteiger partial charge in [0.15, 0.2) is 23.0 Å². The highest BCUT2D eigenvalue weighted by Gasteiger charge is 2.14. The lowest BCUT2D eigenvalue weighted by molar-refractivity contribution is 0.445. The normalized spacial score (nSPS) is 10.9. The monoisotopic (exact) mass is 386 g/mol. The van der Waals surface area contributed by atoms with Crippen molar-refractivity contribution in [3.8, 4) is 11.5 Å². The van der Waals surface area contributed by atoms with Gasteiger partial charge in [-0.15, -0.1) is 0 Å². The van der Waals surface area contributed by atoms with Crippen LogP contribution in [0.2, 0.25) is 5.15 Å². The highest BCUT2D eigenvalue weighted by Crippen LogP contribution is 2.35. The summed E-state index contributed by atoms with van der Waals surface area (Å²) in [5.41, 5.74) is 12.2. The van der Waals surface area contributed by atoms with Gasteiger partial charge in [0, 0.05) is 17.8 Å². The van der Waals surface area contributed by atoms with Crippen LogP contribution in [0.3, 0.4) is 0 Å². The number of rotatable bonds is 4. The minimum Gasteiger partial charge on any atom is -0.453 e. The van der Waals surface area contributed by atoms with Crippen LogP contribution in [0, 0.1) is 5.82 Å². The van der Waals surface area contributed by atoms with Crippen molar-refractivity contribution in [2.45, 2.75) is 0 Å². The van der Waals surface area contributed by atoms with E-state index in [2.05, 4.69) is 20.4 Å². The number of aromatic nitrogens is 3. The molecule has 0 aliphatic heterocycles. The first-order valence-corrected chi connectivity index (χ1v) is 8.06. The van der Waals surface area contributed by atoms with Gasteiger partial charge in [0.1, 0.15) is 22.1 Å². The lowest BCUT2D eigenvalue weighted by Gasteiger charge is -2.10. The lowest BCUT2D eigenvalue weighted by atomic mass is 10.2. The van der Waals surface area contributed by atoms with Gasteiger partial charge < -0.3 is 26.0 Å². The van der Waals surface area contributed by atoms with Crippen molar-refractivity contribution >= 4 is 45.8 Å². The molecular weight excluding hydrogens is 375 g/mol. The van der Waals surface area contributed by atoms with Crippen LogP contribution in [0.4, 0.5) is 27.7 Å². The van der Waals surface area contributed by atoms with Crippen molar-refractivity contribution < 1.29 is 13.7 Å². The molecular formula is C17H12ClFN6O2. The average molecular weight is 387 g/mol. The summed E-state index contributed by atoms with van der Waals surface area (Å²) in [6, 6.07) is 10.8. The fourth-order valence-electron chi connectivity index (χ4n) is 2.50. The van der Waals surface area contributed by atoms with Crippen LogP contribution in [-0.4, -0.2) is 15.1 Å². The topological polar surface area (TPSA) is 125 Å². The Balaban J connectivity index is 1.61. The molecule has 2 aromatic heterocycles. The Labute approximate surface area is 156 Å². The maximum absolute atomic E-state index is 14.5. The van der Waals surface area contributed by atoms with Gasteiger partial charge >= 0.3 is 0 Å². The number of halogens is 2. The summed E-state index contributed by atoms with van der Waals surface area (Å²) in [6.45, 7) is 0. The van der Waals surface area contributed by atoms with Crippen molar-refractivity contribution in [2.75, 3.05) is 16.8 Å². The van der Waals surface area contributed by atoms with Gasteiger partial charge in [-0.05, 0) is 24.3 Å². The summed E-state index contributed by atoms with van der Waals surface area (Å²) >= 11 is 5.83. The number of nitrogen functional groups attached to an aromatic ring is 2. The molecule has 2 aromatic carbocycles. The second-order valence-corrected chi connectivity index (χ2v) is 5.89. The van der Waals surface area contributed by atoms with Gasteiger partial charge in [0.2, 0.25) is 5.95 Å². The summed E-state index contributed by atoms with van der Waals surface area (Å²) < 4.78 is 25.2. The molecule has 0 spiro atoms. The summed E-state index contributed by atoms with van der Waals surface area (Å²) in [6.07, 6.45) is 0. The molecule has 8 nitrogen and oxygen atoms in total. The van der Waals surface area contributed by atoms with Gasteiger partial charge in [-0.2, -0.15) is 4.98 Å². The number of ether oxygens (including phenoxy) is 1. The fraction of sp³-hybridized carbons (Fsp3) is 0. The largest absolute Gasteiger partial charge is 0.453 e. The second-order valence-electron chi connectivity index (χ2n) is 5.50. The second kappa shape index (κ2) is 6.61. The van der Waals surface area contributed by atoms with Gasteiger partial charge in [0.05, 0.1) is 0 Å². The Kier molecular flexibility index (Phi) is 4.13. The van der Waals surface area contributed by atoms with E-state index < -0.39 is 5.82 Å². The van der Waals surface area contributed by atoms with E-state index in [-0.39, 0.29) is 22.7 Å². The van der Waals surface area contributed by atoms with Crippen LogP contribution in [-0.2, 0) is 0 Å². The molecule has 0 amide bonds. The molecule has 0 fully saturated rings. The van der Waals surface area contributed by atoms with E-state index in [1.165, 1.54) is 18.2 Å². The van der Waals surface area contributed by atoms with Gasteiger partial charge in [-0.3, -0.25) is 0 Å². The number of fused-ring (bicyclic) bond motifs is 1. The minimum absolute atomic E-state index is 0.00447. The maximum atomic E-state index is 14.5. The first kappa shape index (κ1) is 16.9. The third kappa shape index (κ3) is 3.40. The number of nitrogens with two attached hydrogens (primary N) is 2. The van der Waals surface area contributed by atoms with Crippen LogP contribution in [0.1, 0.15) is 0 Å². The Hall–Kier alpha value is -3.59. The molecule has 10 heteroatoms. The van der Waals surface area contributed by atoms with Crippen LogP contribution >= 0.6 is 11.6 Å². The molecule has 0 aliphatic rings. The highest BCUT2D eigenvalue weighted by molar-refractivity contribution is 6.29. The maximum Gasteiger partial charge on any atom is 0.223 e. The van der Waals surface area contributed by atoms with Crippen molar-refractivity contribution in [1.82, 2.24) is 15.1 Å². The standard InChI is InChI=1S/C17H12ClFN6O2/c18-13-7-14(24-17(21)23-13)22-8-4-5-10(9(19)6-8)26-11-2-1-3-12-15(11)16(20)25-27-12/h1-7H,(H2,20,25)(H3,21,22,23,24). The first-order chi connectivity index (χ1) is 13.0. The average Bonchev–Trinajstić information content (AvgIpc) is 2.99. The molecule has 5 N–H and O–H groups in total. The third-order valence-electron chi connectivity index (χ3n) is 3.62. The molecule has 0 saturated heterocycles. The predicted octanol–water partition coefficient (Wildman–Crippen LogP) is 4.11. The Morgan fingerprint density at radius 1 is 1.07 bits per heavy atom. The van der Waals surface area contributed by atoms with E-state index >= 15 is 0 Å². The quantitative estimate of drug-likeness (QED) is 0.447. The zero-order valence-electron chi connectivity index (χ0n) is 13.6. The van der Waals surface area contributed by atoms with E-state index in [0.717, 1.165) is 0 Å². The van der Waals surface area contributed by atoms with Crippen LogP contribution in [0.5, 0.6) is 11.5 Å². The van der Waals surface area contributed by atoms with E-state index in [1.54, 1.807) is 24.3 Å². The Bertz CT molecular complexity index is 1130. The summed E-state index contributed by atoms with van der Waals surface area (Å²) in [7, 11) is 0. The number of benzene rings is 2. The minimum atomic E-state index is -0.597. The highest BCUT2D eigenvalue weighted by atomic mass is 35.5. The van der Waals surface area contributed by atoms with E-state index in [1.807, 2.05) is 0 Å². The van der Waals surface area contributed by atoms with Gasteiger partial charge in [0.25, 0.3) is 0 Å². The smallest absolute Gasteiger partial charge is 0.223 e. The predicted molar refractivity (Wildman–Crippen MR) is 99.6 cm³/mol. The zero-order valence-corrected chi connectivity index (χ0v) is 14.4. The SMILES string of the molecule is Nc1nc(Cl)cc(Nc2ccc(Oc3cccc4onc(N)c34)c(F)c2)n1. The summed E-state index contributed by atoms with van der Waals surface area (Å²) in [5.74, 6) is 0.250. The van der Waals surface area contributed by atoms with Crippen LogP contribution < -0.4 is 21.5 Å². The number of nitrogens with zero attached hydrogens (tertiary/aromatic N) is 3. The Morgan fingerprint density at radius 3 is 2.70 bits per heavy atom. The van der Waals surface area contributed by atoms with Gasteiger partial charge in [-0.1, -0.05) is 22.8 Å². The lowest BCUT2D eigenvalue weighted by Crippen LogP contribution is -2.00. The van der Waals surface area contributed by atoms with Gasteiger partial charge in [-0.25, -0.2) is 9.37 Å². The molecule has 136 valence electrons. The van der Waals surface area contributed by atoms with Crippen LogP contribution in [0.15, 0.2) is 47.0 Å². The molecule has 0 aliphatic carbocycles. The summed E-state index contributed by atoms with van der Waals surface area (Å²) in [5, 5.41) is 7.23. The molecule has 0 unspecified atom stereocenters. The van der Waals surface area contributed by atoms with Crippen molar-refractivity contribution in [3.05, 3.63) is 53.4 Å². The van der Waals surface area contributed by atoms with E-state index in [9.17, 15) is 4.39 Å². The summed E-state index contributed by atoms with van der Waals surface area (Å²) in [4.78, 5) is 7.73. The molecule has 0 radical (unpaired) electrons. The number of nitrogens with one attached hydrogen (secondary N) is 1. The molecule has 0 bridgehead atoms. The molecule has 4 rings (SSSR count). The number of anilines is 4. The number of hydrogen-bond donors (Lipinski definition) is 3. The molecule has 4 aromatic rings. The Morgan fingerprint density at radius 2 is 1.93 bits per heavy atom. The van der Waals surface area contributed by atoms with Crippen LogP contribution in [0.25, 0.3) is 11.0 Å². The van der Waals surface area contributed by atoms with Crippen molar-refractivity contribution in [1.29, 1.82) is 0 Å².